The summed E-state index contributed by atoms with van der Waals surface area (Å²) in [5.74, 6) is 0. The monoisotopic (exact) mass is 292 g/mol. The first-order valence-corrected chi connectivity index (χ1v) is 6.99. The van der Waals surface area contributed by atoms with Gasteiger partial charge in [0.25, 0.3) is 0 Å². The number of aromatic nitrogens is 1. The molecule has 0 aliphatic carbocycles. The molecule has 0 radical (unpaired) electrons. The van der Waals surface area contributed by atoms with Crippen molar-refractivity contribution in [1.29, 1.82) is 0 Å². The fourth-order valence-corrected chi connectivity index (χ4v) is 2.61. The van der Waals surface area contributed by atoms with E-state index < -0.39 is 10.3 Å². The molecule has 0 atom stereocenters. The SMILES string of the molecule is Cc1ccc(-c2csc(NS(=O)(=O)[O-])n2)cc1.[Na+]. The van der Waals surface area contributed by atoms with Crippen LogP contribution in [0.5, 0.6) is 0 Å². The van der Waals surface area contributed by atoms with Crippen molar-refractivity contribution in [2.24, 2.45) is 0 Å². The topological polar surface area (TPSA) is 82.1 Å². The third-order valence-electron chi connectivity index (χ3n) is 2.06. The molecule has 1 aromatic carbocycles. The molecule has 2 aromatic rings. The fourth-order valence-electron chi connectivity index (χ4n) is 1.28. The molecule has 1 aromatic heterocycles. The molecule has 8 heteroatoms. The van der Waals surface area contributed by atoms with Gasteiger partial charge in [-0.3, -0.25) is 4.72 Å². The zero-order chi connectivity index (χ0) is 12.5. The van der Waals surface area contributed by atoms with E-state index in [2.05, 4.69) is 4.98 Å². The summed E-state index contributed by atoms with van der Waals surface area (Å²) in [5.41, 5.74) is 2.65. The molecule has 0 saturated carbocycles. The van der Waals surface area contributed by atoms with Crippen molar-refractivity contribution in [2.75, 3.05) is 4.72 Å². The number of benzene rings is 1. The predicted molar refractivity (Wildman–Crippen MR) is 65.6 cm³/mol. The summed E-state index contributed by atoms with van der Waals surface area (Å²) in [6.45, 7) is 1.97. The molecule has 1 heterocycles. The van der Waals surface area contributed by atoms with Gasteiger partial charge in [0.1, 0.15) is 0 Å². The van der Waals surface area contributed by atoms with Crippen molar-refractivity contribution >= 4 is 26.8 Å². The summed E-state index contributed by atoms with van der Waals surface area (Å²) in [6.07, 6.45) is 0. The first kappa shape index (κ1) is 15.6. The molecular weight excluding hydrogens is 283 g/mol. The van der Waals surface area contributed by atoms with E-state index in [1.165, 1.54) is 0 Å². The Hall–Kier alpha value is -0.440. The van der Waals surface area contributed by atoms with Gasteiger partial charge in [0.05, 0.1) is 5.69 Å². The molecule has 0 bridgehead atoms. The number of nitrogens with zero attached hydrogens (tertiary/aromatic N) is 1. The quantitative estimate of drug-likeness (QED) is 0.581. The summed E-state index contributed by atoms with van der Waals surface area (Å²) in [4.78, 5) is 4.02. The molecule has 90 valence electrons. The Balaban J connectivity index is 0.00000162. The van der Waals surface area contributed by atoms with Gasteiger partial charge in [-0.15, -0.1) is 11.3 Å². The minimum atomic E-state index is -4.50. The van der Waals surface area contributed by atoms with Gasteiger partial charge in [-0.05, 0) is 6.92 Å². The van der Waals surface area contributed by atoms with Crippen molar-refractivity contribution in [3.63, 3.8) is 0 Å². The third kappa shape index (κ3) is 4.34. The van der Waals surface area contributed by atoms with E-state index in [4.69, 9.17) is 0 Å². The van der Waals surface area contributed by atoms with Crippen LogP contribution in [0.15, 0.2) is 29.6 Å². The minimum absolute atomic E-state index is 0. The normalized spacial score (nSPS) is 10.8. The van der Waals surface area contributed by atoms with Crippen molar-refractivity contribution in [2.45, 2.75) is 6.92 Å². The predicted octanol–water partition coefficient (Wildman–Crippen LogP) is -1.01. The average molecular weight is 292 g/mol. The van der Waals surface area contributed by atoms with Gasteiger partial charge in [-0.1, -0.05) is 29.8 Å². The van der Waals surface area contributed by atoms with Crippen LogP contribution in [0.1, 0.15) is 5.56 Å². The van der Waals surface area contributed by atoms with E-state index in [1.54, 1.807) is 10.1 Å². The number of aryl methyl sites for hydroxylation is 1. The maximum Gasteiger partial charge on any atom is 1.00 e. The van der Waals surface area contributed by atoms with Crippen LogP contribution in [0, 0.1) is 6.92 Å². The van der Waals surface area contributed by atoms with Crippen LogP contribution in [-0.4, -0.2) is 18.0 Å². The van der Waals surface area contributed by atoms with Crippen LogP contribution in [0.3, 0.4) is 0 Å². The molecule has 0 aliphatic rings. The standard InChI is InChI=1S/C10H10N2O3S2.Na/c1-7-2-4-8(5-3-7)9-6-16-10(11-9)12-17(13,14)15;/h2-6H,1H3,(H,11,12)(H,13,14,15);/q;+1/p-1. The van der Waals surface area contributed by atoms with Crippen molar-refractivity contribution in [3.05, 3.63) is 35.2 Å². The molecule has 0 unspecified atom stereocenters. The molecule has 5 nitrogen and oxygen atoms in total. The Morgan fingerprint density at radius 2 is 1.89 bits per heavy atom. The summed E-state index contributed by atoms with van der Waals surface area (Å²) in [7, 11) is -4.50. The first-order chi connectivity index (χ1) is 7.94. The molecule has 18 heavy (non-hydrogen) atoms. The van der Waals surface area contributed by atoms with Gasteiger partial charge in [-0.2, -0.15) is 0 Å². The van der Waals surface area contributed by atoms with Gasteiger partial charge >= 0.3 is 29.6 Å². The van der Waals surface area contributed by atoms with E-state index in [0.717, 1.165) is 22.5 Å². The fraction of sp³-hybridized carbons (Fsp3) is 0.100. The maximum absolute atomic E-state index is 10.5. The Morgan fingerprint density at radius 1 is 1.28 bits per heavy atom. The van der Waals surface area contributed by atoms with Crippen molar-refractivity contribution in [1.82, 2.24) is 4.98 Å². The summed E-state index contributed by atoms with van der Waals surface area (Å²) in [6, 6.07) is 7.65. The number of rotatable bonds is 3. The first-order valence-electron chi connectivity index (χ1n) is 4.70. The minimum Gasteiger partial charge on any atom is -0.731 e. The second-order valence-corrected chi connectivity index (χ2v) is 5.43. The maximum atomic E-state index is 10.5. The molecule has 0 saturated heterocycles. The average Bonchev–Trinajstić information content (AvgIpc) is 2.64. The van der Waals surface area contributed by atoms with E-state index >= 15 is 0 Å². The Morgan fingerprint density at radius 3 is 2.44 bits per heavy atom. The van der Waals surface area contributed by atoms with Gasteiger partial charge in [-0.25, -0.2) is 13.4 Å². The second-order valence-electron chi connectivity index (χ2n) is 3.46. The second kappa shape index (κ2) is 6.14. The molecule has 1 N–H and O–H groups in total. The number of anilines is 1. The number of hydrogen-bond donors (Lipinski definition) is 1. The summed E-state index contributed by atoms with van der Waals surface area (Å²) in [5, 5.41) is 1.77. The Kier molecular flexibility index (Phi) is 5.32. The van der Waals surface area contributed by atoms with Crippen LogP contribution >= 0.6 is 11.3 Å². The van der Waals surface area contributed by atoms with E-state index in [9.17, 15) is 13.0 Å². The van der Waals surface area contributed by atoms with Gasteiger partial charge in [0.15, 0.2) is 15.4 Å². The van der Waals surface area contributed by atoms with Crippen LogP contribution in [0.4, 0.5) is 5.13 Å². The Labute approximate surface area is 131 Å². The van der Waals surface area contributed by atoms with Crippen LogP contribution in [-0.2, 0) is 10.3 Å². The summed E-state index contributed by atoms with van der Waals surface area (Å²) < 4.78 is 33.3. The molecule has 0 fully saturated rings. The van der Waals surface area contributed by atoms with Gasteiger partial charge < -0.3 is 4.55 Å². The zero-order valence-corrected chi connectivity index (χ0v) is 13.5. The van der Waals surface area contributed by atoms with E-state index in [-0.39, 0.29) is 34.7 Å². The van der Waals surface area contributed by atoms with Gasteiger partial charge in [0.2, 0.25) is 0 Å². The number of hydrogen-bond acceptors (Lipinski definition) is 5. The molecule has 0 amide bonds. The smallest absolute Gasteiger partial charge is 0.731 e. The number of nitrogens with one attached hydrogen (secondary N) is 1. The van der Waals surface area contributed by atoms with Crippen molar-refractivity contribution in [3.8, 4) is 11.3 Å². The molecule has 0 aliphatic heterocycles. The molecule has 2 rings (SSSR count). The third-order valence-corrected chi connectivity index (χ3v) is 3.39. The zero-order valence-electron chi connectivity index (χ0n) is 9.88. The van der Waals surface area contributed by atoms with Crippen LogP contribution in [0.2, 0.25) is 0 Å². The largest absolute Gasteiger partial charge is 1.00 e. The number of thiazole rings is 1. The van der Waals surface area contributed by atoms with E-state index in [1.807, 2.05) is 31.2 Å². The van der Waals surface area contributed by atoms with Crippen LogP contribution in [0.25, 0.3) is 11.3 Å². The molecule has 0 spiro atoms. The Bertz CT molecular complexity index is 623. The van der Waals surface area contributed by atoms with E-state index in [0.29, 0.717) is 5.69 Å². The van der Waals surface area contributed by atoms with Crippen molar-refractivity contribution < 1.29 is 42.5 Å². The summed E-state index contributed by atoms with van der Waals surface area (Å²) >= 11 is 1.07. The molecular formula is C10H9N2NaO3S2. The van der Waals surface area contributed by atoms with Crippen LogP contribution < -0.4 is 34.3 Å². The van der Waals surface area contributed by atoms with Gasteiger partial charge in [0, 0.05) is 10.9 Å².